The third-order valence-electron chi connectivity index (χ3n) is 4.16. The van der Waals surface area contributed by atoms with Crippen molar-refractivity contribution < 1.29 is 4.39 Å². The summed E-state index contributed by atoms with van der Waals surface area (Å²) >= 11 is 0. The number of fused-ring (bicyclic) bond motifs is 1. The van der Waals surface area contributed by atoms with E-state index in [0.717, 1.165) is 31.4 Å². The molecule has 1 aromatic rings. The van der Waals surface area contributed by atoms with Crippen molar-refractivity contribution in [1.29, 1.82) is 0 Å². The van der Waals surface area contributed by atoms with E-state index in [-0.39, 0.29) is 11.5 Å². The fourth-order valence-corrected chi connectivity index (χ4v) is 2.92. The van der Waals surface area contributed by atoms with Crippen LogP contribution in [0, 0.1) is 5.92 Å². The van der Waals surface area contributed by atoms with Gasteiger partial charge < -0.3 is 0 Å². The molecule has 0 N–H and O–H groups in total. The summed E-state index contributed by atoms with van der Waals surface area (Å²) in [6.07, 6.45) is 4.59. The highest BCUT2D eigenvalue weighted by atomic mass is 19.1. The van der Waals surface area contributed by atoms with Crippen LogP contribution < -0.4 is 0 Å². The van der Waals surface area contributed by atoms with Gasteiger partial charge in [0.1, 0.15) is 5.69 Å². The third-order valence-corrected chi connectivity index (χ3v) is 4.16. The van der Waals surface area contributed by atoms with E-state index in [1.165, 1.54) is 0 Å². The Kier molecular flexibility index (Phi) is 3.72. The van der Waals surface area contributed by atoms with E-state index in [1.54, 1.807) is 0 Å². The largest absolute Gasteiger partial charge is 0.244 e. The van der Waals surface area contributed by atoms with Crippen LogP contribution in [0.3, 0.4) is 0 Å². The minimum atomic E-state index is -1.32. The molecule has 0 saturated carbocycles. The van der Waals surface area contributed by atoms with Crippen molar-refractivity contribution in [3.63, 3.8) is 0 Å². The highest BCUT2D eigenvalue weighted by molar-refractivity contribution is 5.21. The van der Waals surface area contributed by atoms with Crippen molar-refractivity contribution in [2.75, 3.05) is 0 Å². The minimum Gasteiger partial charge on any atom is -0.244 e. The first kappa shape index (κ1) is 14.5. The number of nitrogens with zero attached hydrogens (tertiary/aromatic N) is 3. The molecule has 0 bridgehead atoms. The smallest absolute Gasteiger partial charge is 0.158 e. The van der Waals surface area contributed by atoms with Gasteiger partial charge in [0.25, 0.3) is 0 Å². The predicted octanol–water partition coefficient (Wildman–Crippen LogP) is 3.97. The molecule has 0 spiro atoms. The van der Waals surface area contributed by atoms with Crippen molar-refractivity contribution in [1.82, 2.24) is 15.0 Å². The highest BCUT2D eigenvalue weighted by Crippen LogP contribution is 2.42. The van der Waals surface area contributed by atoms with E-state index in [1.807, 2.05) is 18.5 Å². The summed E-state index contributed by atoms with van der Waals surface area (Å²) < 4.78 is 17.3. The number of hydrogen-bond acceptors (Lipinski definition) is 2. The van der Waals surface area contributed by atoms with E-state index >= 15 is 4.39 Å². The Morgan fingerprint density at radius 2 is 1.89 bits per heavy atom. The molecule has 19 heavy (non-hydrogen) atoms. The van der Waals surface area contributed by atoms with E-state index in [0.29, 0.717) is 12.1 Å². The van der Waals surface area contributed by atoms with Crippen molar-refractivity contribution in [2.45, 2.75) is 77.9 Å². The Labute approximate surface area is 115 Å². The number of halogens is 1. The molecule has 3 nitrogen and oxygen atoms in total. The van der Waals surface area contributed by atoms with Gasteiger partial charge in [0, 0.05) is 0 Å². The molecular formula is C15H26FN3. The van der Waals surface area contributed by atoms with Gasteiger partial charge >= 0.3 is 0 Å². The number of alkyl halides is 1. The van der Waals surface area contributed by atoms with E-state index < -0.39 is 5.67 Å². The Morgan fingerprint density at radius 1 is 1.21 bits per heavy atom. The summed E-state index contributed by atoms with van der Waals surface area (Å²) in [7, 11) is 0. The maximum atomic E-state index is 15.4. The van der Waals surface area contributed by atoms with Crippen LogP contribution in [0.2, 0.25) is 0 Å². The van der Waals surface area contributed by atoms with E-state index in [9.17, 15) is 0 Å². The second-order valence-electron chi connectivity index (χ2n) is 7.05. The van der Waals surface area contributed by atoms with Crippen LogP contribution >= 0.6 is 0 Å². The van der Waals surface area contributed by atoms with Gasteiger partial charge in [0.05, 0.1) is 11.2 Å². The molecule has 1 aromatic heterocycles. The Balaban J connectivity index is 2.55. The topological polar surface area (TPSA) is 30.7 Å². The molecule has 1 heterocycles. The predicted molar refractivity (Wildman–Crippen MR) is 74.8 cm³/mol. The quantitative estimate of drug-likeness (QED) is 0.770. The van der Waals surface area contributed by atoms with Crippen LogP contribution in [0.5, 0.6) is 0 Å². The average Bonchev–Trinajstić information content (AvgIpc) is 2.68. The first-order valence-electron chi connectivity index (χ1n) is 7.41. The molecule has 1 atom stereocenters. The molecule has 0 saturated heterocycles. The van der Waals surface area contributed by atoms with Crippen LogP contribution in [0.4, 0.5) is 4.39 Å². The second kappa shape index (κ2) is 4.88. The summed E-state index contributed by atoms with van der Waals surface area (Å²) in [6, 6.07) is 0. The molecule has 0 fully saturated rings. The van der Waals surface area contributed by atoms with Gasteiger partial charge in [-0.1, -0.05) is 25.5 Å². The lowest BCUT2D eigenvalue weighted by atomic mass is 9.81. The lowest BCUT2D eigenvalue weighted by Crippen LogP contribution is -2.32. The standard InChI is InChI=1S/C15H26FN3/c1-11(2)15(16)10-8-6-7-9-12-13(15)17-18-19(12)14(3,4)5/h11H,6-10H2,1-5H3. The average molecular weight is 267 g/mol. The van der Waals surface area contributed by atoms with Crippen molar-refractivity contribution in [3.05, 3.63) is 11.4 Å². The van der Waals surface area contributed by atoms with Crippen molar-refractivity contribution >= 4 is 0 Å². The number of rotatable bonds is 1. The van der Waals surface area contributed by atoms with Crippen molar-refractivity contribution in [2.24, 2.45) is 5.92 Å². The Hall–Kier alpha value is -0.930. The van der Waals surface area contributed by atoms with Gasteiger partial charge in [-0.3, -0.25) is 0 Å². The van der Waals surface area contributed by atoms with E-state index in [2.05, 4.69) is 31.1 Å². The number of aromatic nitrogens is 3. The fourth-order valence-electron chi connectivity index (χ4n) is 2.92. The molecule has 1 unspecified atom stereocenters. The molecular weight excluding hydrogens is 241 g/mol. The zero-order chi connectivity index (χ0) is 14.3. The highest BCUT2D eigenvalue weighted by Gasteiger charge is 2.42. The number of hydrogen-bond donors (Lipinski definition) is 0. The Morgan fingerprint density at radius 3 is 2.47 bits per heavy atom. The van der Waals surface area contributed by atoms with Crippen LogP contribution in [-0.2, 0) is 17.6 Å². The Bertz CT molecular complexity index is 445. The first-order chi connectivity index (χ1) is 8.77. The van der Waals surface area contributed by atoms with Gasteiger partial charge in [-0.05, 0) is 52.4 Å². The molecule has 0 amide bonds. The molecule has 4 heteroatoms. The third kappa shape index (κ3) is 2.54. The maximum Gasteiger partial charge on any atom is 0.158 e. The van der Waals surface area contributed by atoms with Crippen LogP contribution in [0.25, 0.3) is 0 Å². The van der Waals surface area contributed by atoms with Gasteiger partial charge in [-0.15, -0.1) is 5.10 Å². The van der Waals surface area contributed by atoms with Gasteiger partial charge in [-0.2, -0.15) is 0 Å². The van der Waals surface area contributed by atoms with Crippen LogP contribution in [-0.4, -0.2) is 15.0 Å². The van der Waals surface area contributed by atoms with Gasteiger partial charge in [0.15, 0.2) is 5.67 Å². The molecule has 0 aliphatic heterocycles. The summed E-state index contributed by atoms with van der Waals surface area (Å²) in [5.41, 5.74) is 0.136. The zero-order valence-electron chi connectivity index (χ0n) is 12.8. The first-order valence-corrected chi connectivity index (χ1v) is 7.41. The second-order valence-corrected chi connectivity index (χ2v) is 7.05. The maximum absolute atomic E-state index is 15.4. The van der Waals surface area contributed by atoms with Gasteiger partial charge in [-0.25, -0.2) is 9.07 Å². The van der Waals surface area contributed by atoms with E-state index in [4.69, 9.17) is 0 Å². The summed E-state index contributed by atoms with van der Waals surface area (Å²) in [5, 5.41) is 8.49. The lowest BCUT2D eigenvalue weighted by Gasteiger charge is -2.31. The molecule has 0 aromatic carbocycles. The minimum absolute atomic E-state index is 0.0607. The normalized spacial score (nSPS) is 25.0. The SMILES string of the molecule is CC(C)C1(F)CCCCCc2c1nnn2C(C)(C)C. The lowest BCUT2D eigenvalue weighted by molar-refractivity contribution is 0.0747. The molecule has 1 aliphatic carbocycles. The van der Waals surface area contributed by atoms with Crippen LogP contribution in [0.1, 0.15) is 71.7 Å². The zero-order valence-corrected chi connectivity index (χ0v) is 12.8. The summed E-state index contributed by atoms with van der Waals surface area (Å²) in [4.78, 5) is 0. The fraction of sp³-hybridized carbons (Fsp3) is 0.867. The summed E-state index contributed by atoms with van der Waals surface area (Å²) in [6.45, 7) is 10.2. The van der Waals surface area contributed by atoms with Gasteiger partial charge in [0.2, 0.25) is 0 Å². The molecule has 1 aliphatic rings. The summed E-state index contributed by atoms with van der Waals surface area (Å²) in [5.74, 6) is -0.0607. The molecule has 108 valence electrons. The molecule has 0 radical (unpaired) electrons. The monoisotopic (exact) mass is 267 g/mol. The van der Waals surface area contributed by atoms with Crippen molar-refractivity contribution in [3.8, 4) is 0 Å². The molecule has 2 rings (SSSR count). The van der Waals surface area contributed by atoms with Crippen LogP contribution in [0.15, 0.2) is 0 Å².